The molecule has 352 valence electrons. The van der Waals surface area contributed by atoms with Crippen LogP contribution in [-0.2, 0) is 47.5 Å². The van der Waals surface area contributed by atoms with Crippen LogP contribution < -0.4 is 0 Å². The Labute approximate surface area is 359 Å². The summed E-state index contributed by atoms with van der Waals surface area (Å²) in [5.74, 6) is -3.62. The number of rotatable bonds is 17. The number of ether oxygens (including phenoxy) is 8. The third kappa shape index (κ3) is 10.3. The van der Waals surface area contributed by atoms with Crippen LogP contribution in [0.3, 0.4) is 0 Å². The van der Waals surface area contributed by atoms with Crippen molar-refractivity contribution in [2.45, 2.75) is 151 Å². The van der Waals surface area contributed by atoms with Gasteiger partial charge < -0.3 is 89.0 Å². The minimum absolute atomic E-state index is 0.000366. The van der Waals surface area contributed by atoms with Crippen molar-refractivity contribution >= 4 is 11.9 Å². The molecule has 20 nitrogen and oxygen atoms in total. The standard InChI is InChI=1S/C42H64O20/c1-18(9-11-55-36(52)23-16-58-39(29-21(23)8-10-42(29,4)54)62-41-35(51)33(49)31(47)27(14-44)60-41)6-5-7-19(2)15-56-37(53)24-17-57-38(28-20(3)25(45)12-22(24)28)61-40-34(50)32(48)30(46)26(13-43)59-40/h16-19,21-22,25-35,38-41,43-51,54H,3,5-15H2,1-2,4H3/t18?,19?,21-,22-,25+,26-,27-,28-,29-,30-,31-,32+,33+,34-,35-,38+,39+,40+,41+,42+/m1/s1. The molecule has 0 amide bonds. The van der Waals surface area contributed by atoms with E-state index in [1.54, 1.807) is 6.92 Å². The first-order valence-electron chi connectivity index (χ1n) is 21.4. The molecule has 10 N–H and O–H groups in total. The lowest BCUT2D eigenvalue weighted by atomic mass is 9.81. The van der Waals surface area contributed by atoms with Crippen LogP contribution in [0.1, 0.15) is 65.7 Å². The molecule has 0 spiro atoms. The summed E-state index contributed by atoms with van der Waals surface area (Å²) in [6.07, 6.45) is -12.3. The van der Waals surface area contributed by atoms with Crippen molar-refractivity contribution in [1.82, 2.24) is 0 Å². The smallest absolute Gasteiger partial charge is 0.337 e. The quantitative estimate of drug-likeness (QED) is 0.0578. The second-order valence-corrected chi connectivity index (χ2v) is 18.0. The zero-order chi connectivity index (χ0) is 45.2. The molecule has 0 bridgehead atoms. The predicted molar refractivity (Wildman–Crippen MR) is 208 cm³/mol. The van der Waals surface area contributed by atoms with Gasteiger partial charge in [0, 0.05) is 11.8 Å². The van der Waals surface area contributed by atoms with Gasteiger partial charge in [0.2, 0.25) is 12.6 Å². The molecule has 62 heavy (non-hydrogen) atoms. The molecular weight excluding hydrogens is 824 g/mol. The Hall–Kier alpha value is -2.80. The molecule has 4 heterocycles. The van der Waals surface area contributed by atoms with Gasteiger partial charge in [0.25, 0.3) is 0 Å². The lowest BCUT2D eigenvalue weighted by Crippen LogP contribution is -2.60. The molecule has 20 atom stereocenters. The fraction of sp³-hybridized carbons (Fsp3) is 0.810. The fourth-order valence-corrected chi connectivity index (χ4v) is 9.42. The second kappa shape index (κ2) is 20.6. The maximum atomic E-state index is 13.3. The van der Waals surface area contributed by atoms with Crippen LogP contribution in [0.15, 0.2) is 35.8 Å². The monoisotopic (exact) mass is 888 g/mol. The molecule has 2 saturated carbocycles. The largest absolute Gasteiger partial charge is 0.471 e. The van der Waals surface area contributed by atoms with Gasteiger partial charge in [-0.05, 0) is 56.4 Å². The first-order valence-corrected chi connectivity index (χ1v) is 21.4. The first-order chi connectivity index (χ1) is 29.4. The maximum absolute atomic E-state index is 13.3. The minimum atomic E-state index is -1.68. The number of fused-ring (bicyclic) bond motifs is 2. The Kier molecular flexibility index (Phi) is 16.1. The van der Waals surface area contributed by atoms with Gasteiger partial charge in [-0.1, -0.05) is 33.3 Å². The molecule has 6 aliphatic rings. The van der Waals surface area contributed by atoms with Gasteiger partial charge in [-0.25, -0.2) is 9.59 Å². The van der Waals surface area contributed by atoms with Crippen LogP contribution in [0.2, 0.25) is 0 Å². The zero-order valence-electron chi connectivity index (χ0n) is 35.2. The number of carbonyl (C=O) groups excluding carboxylic acids is 2. The Morgan fingerprint density at radius 1 is 0.742 bits per heavy atom. The van der Waals surface area contributed by atoms with E-state index < -0.39 is 135 Å². The van der Waals surface area contributed by atoms with E-state index in [1.807, 2.05) is 13.8 Å². The highest BCUT2D eigenvalue weighted by Gasteiger charge is 2.57. The molecule has 6 rings (SSSR count). The second-order valence-electron chi connectivity index (χ2n) is 18.0. The van der Waals surface area contributed by atoms with Crippen LogP contribution in [0.4, 0.5) is 0 Å². The number of hydrogen-bond donors (Lipinski definition) is 10. The summed E-state index contributed by atoms with van der Waals surface area (Å²) in [5, 5.41) is 102. The molecule has 20 heteroatoms. The van der Waals surface area contributed by atoms with Crippen molar-refractivity contribution in [2.75, 3.05) is 26.4 Å². The third-order valence-electron chi connectivity index (χ3n) is 13.4. The van der Waals surface area contributed by atoms with Gasteiger partial charge in [-0.2, -0.15) is 0 Å². The van der Waals surface area contributed by atoms with Gasteiger partial charge in [0.15, 0.2) is 12.6 Å². The third-order valence-corrected chi connectivity index (χ3v) is 13.4. The Balaban J connectivity index is 0.922. The topological polar surface area (TPSA) is 310 Å². The van der Waals surface area contributed by atoms with E-state index in [-0.39, 0.29) is 42.6 Å². The molecule has 0 aromatic heterocycles. The molecule has 4 aliphatic heterocycles. The van der Waals surface area contributed by atoms with Crippen molar-refractivity contribution in [3.05, 3.63) is 35.8 Å². The lowest BCUT2D eigenvalue weighted by Gasteiger charge is -2.44. The summed E-state index contributed by atoms with van der Waals surface area (Å²) < 4.78 is 45.4. The van der Waals surface area contributed by atoms with E-state index >= 15 is 0 Å². The highest BCUT2D eigenvalue weighted by atomic mass is 16.8. The fourth-order valence-electron chi connectivity index (χ4n) is 9.42. The van der Waals surface area contributed by atoms with Gasteiger partial charge in [0.05, 0.1) is 73.6 Å². The number of aliphatic hydroxyl groups excluding tert-OH is 9. The molecule has 2 unspecified atom stereocenters. The maximum Gasteiger partial charge on any atom is 0.337 e. The van der Waals surface area contributed by atoms with Crippen LogP contribution in [0.25, 0.3) is 0 Å². The Morgan fingerprint density at radius 2 is 1.27 bits per heavy atom. The van der Waals surface area contributed by atoms with Crippen molar-refractivity contribution < 1.29 is 98.5 Å². The average Bonchev–Trinajstić information content (AvgIpc) is 3.73. The van der Waals surface area contributed by atoms with Crippen LogP contribution in [-0.4, -0.2) is 175 Å². The Bertz CT molecular complexity index is 1620. The summed E-state index contributed by atoms with van der Waals surface area (Å²) in [6.45, 7) is 8.50. The van der Waals surface area contributed by atoms with Crippen LogP contribution >= 0.6 is 0 Å². The minimum Gasteiger partial charge on any atom is -0.471 e. The predicted octanol–water partition coefficient (Wildman–Crippen LogP) is -1.65. The summed E-state index contributed by atoms with van der Waals surface area (Å²) in [5.41, 5.74) is -0.566. The number of esters is 2. The summed E-state index contributed by atoms with van der Waals surface area (Å²) in [7, 11) is 0. The number of carbonyl (C=O) groups is 2. The molecule has 0 aromatic rings. The van der Waals surface area contributed by atoms with E-state index in [0.29, 0.717) is 24.8 Å². The van der Waals surface area contributed by atoms with E-state index in [4.69, 9.17) is 37.9 Å². The van der Waals surface area contributed by atoms with E-state index in [1.165, 1.54) is 12.5 Å². The van der Waals surface area contributed by atoms with Crippen molar-refractivity contribution in [3.63, 3.8) is 0 Å². The summed E-state index contributed by atoms with van der Waals surface area (Å²) in [6, 6.07) is 0. The van der Waals surface area contributed by atoms with Gasteiger partial charge >= 0.3 is 11.9 Å². The summed E-state index contributed by atoms with van der Waals surface area (Å²) in [4.78, 5) is 26.6. The van der Waals surface area contributed by atoms with Crippen molar-refractivity contribution in [2.24, 2.45) is 35.5 Å². The van der Waals surface area contributed by atoms with E-state index in [2.05, 4.69) is 6.58 Å². The summed E-state index contributed by atoms with van der Waals surface area (Å²) >= 11 is 0. The molecule has 4 fully saturated rings. The molecule has 2 aliphatic carbocycles. The van der Waals surface area contributed by atoms with Crippen molar-refractivity contribution in [3.8, 4) is 0 Å². The molecule has 0 radical (unpaired) electrons. The van der Waals surface area contributed by atoms with Gasteiger partial charge in [-0.3, -0.25) is 0 Å². The van der Waals surface area contributed by atoms with Crippen LogP contribution in [0.5, 0.6) is 0 Å². The van der Waals surface area contributed by atoms with E-state index in [0.717, 1.165) is 19.3 Å². The molecule has 0 aromatic carbocycles. The van der Waals surface area contributed by atoms with Crippen molar-refractivity contribution in [1.29, 1.82) is 0 Å². The number of hydrogen-bond acceptors (Lipinski definition) is 20. The normalized spacial score (nSPS) is 42.7. The number of aliphatic hydroxyl groups is 10. The SMILES string of the molecule is C=C1[C@H]2[C@H](O[C@@H]3O[C@H](CO)[C@@H](O)[C@H](O)[C@H]3O)OC=C(C(=O)OCC(C)CCCC(C)CCOC(=O)C3=CO[C@@H](O[C@@H]4O[C@H](CO)[C@@H](O)[C@H](O)[C@H]4O)[C@H]4[C@@H]3CC[C@]4(C)O)[C@H]2C[C@@H]1O. The molecular formula is C42H64O20. The van der Waals surface area contributed by atoms with Gasteiger partial charge in [0.1, 0.15) is 48.8 Å². The highest BCUT2D eigenvalue weighted by molar-refractivity contribution is 5.89. The van der Waals surface area contributed by atoms with Crippen LogP contribution in [0, 0.1) is 35.5 Å². The van der Waals surface area contributed by atoms with E-state index in [9.17, 15) is 60.7 Å². The molecule has 2 saturated heterocycles. The zero-order valence-corrected chi connectivity index (χ0v) is 35.2. The highest BCUT2D eigenvalue weighted by Crippen LogP contribution is 2.50. The first kappa shape index (κ1) is 48.7. The lowest BCUT2D eigenvalue weighted by molar-refractivity contribution is -0.346. The average molecular weight is 889 g/mol. The Morgan fingerprint density at radius 3 is 1.87 bits per heavy atom. The van der Waals surface area contributed by atoms with Gasteiger partial charge in [-0.15, -0.1) is 0 Å².